The highest BCUT2D eigenvalue weighted by Crippen LogP contribution is 2.20. The van der Waals surface area contributed by atoms with Crippen molar-refractivity contribution in [3.8, 4) is 12.3 Å². The zero-order valence-electron chi connectivity index (χ0n) is 8.15. The van der Waals surface area contributed by atoms with Crippen molar-refractivity contribution in [3.05, 3.63) is 33.9 Å². The summed E-state index contributed by atoms with van der Waals surface area (Å²) < 4.78 is 0. The molecule has 0 bridgehead atoms. The average Bonchev–Trinajstić information content (AvgIpc) is 2.01. The Morgan fingerprint density at radius 3 is 2.08 bits per heavy atom. The number of hydrogen-bond acceptors (Lipinski definition) is 0. The lowest BCUT2D eigenvalue weighted by Crippen LogP contribution is -1.94. The molecule has 0 nitrogen and oxygen atoms in total. The standard InChI is InChI=1S/C12H14/c1-6-12-9(3)7-8(2)10(4)11(12)5/h1,7H,2-5H3. The summed E-state index contributed by atoms with van der Waals surface area (Å²) >= 11 is 0. The van der Waals surface area contributed by atoms with Crippen LogP contribution in [0, 0.1) is 40.0 Å². The van der Waals surface area contributed by atoms with Crippen LogP contribution in [0.1, 0.15) is 27.8 Å². The van der Waals surface area contributed by atoms with Crippen molar-refractivity contribution in [2.24, 2.45) is 0 Å². The monoisotopic (exact) mass is 158 g/mol. The Hall–Kier alpha value is -1.22. The van der Waals surface area contributed by atoms with E-state index >= 15 is 0 Å². The van der Waals surface area contributed by atoms with Gasteiger partial charge in [-0.05, 0) is 49.9 Å². The predicted molar refractivity (Wildman–Crippen MR) is 53.3 cm³/mol. The Labute approximate surface area is 74.6 Å². The van der Waals surface area contributed by atoms with E-state index < -0.39 is 0 Å². The first-order valence-electron chi connectivity index (χ1n) is 4.12. The molecule has 0 radical (unpaired) electrons. The van der Waals surface area contributed by atoms with Gasteiger partial charge in [-0.1, -0.05) is 12.0 Å². The Kier molecular flexibility index (Phi) is 2.24. The van der Waals surface area contributed by atoms with Crippen LogP contribution in [0.5, 0.6) is 0 Å². The first-order chi connectivity index (χ1) is 5.57. The van der Waals surface area contributed by atoms with Crippen molar-refractivity contribution < 1.29 is 0 Å². The summed E-state index contributed by atoms with van der Waals surface area (Å²) in [5, 5.41) is 0. The largest absolute Gasteiger partial charge is 0.115 e. The number of hydrogen-bond donors (Lipinski definition) is 0. The zero-order valence-corrected chi connectivity index (χ0v) is 8.15. The van der Waals surface area contributed by atoms with E-state index in [4.69, 9.17) is 6.42 Å². The minimum atomic E-state index is 1.05. The summed E-state index contributed by atoms with van der Waals surface area (Å²) in [4.78, 5) is 0. The van der Waals surface area contributed by atoms with Crippen molar-refractivity contribution >= 4 is 0 Å². The normalized spacial score (nSPS) is 9.58. The number of terminal acetylenes is 1. The molecule has 0 aliphatic rings. The van der Waals surface area contributed by atoms with E-state index in [1.54, 1.807) is 0 Å². The fourth-order valence-corrected chi connectivity index (χ4v) is 1.51. The van der Waals surface area contributed by atoms with Crippen molar-refractivity contribution in [1.29, 1.82) is 0 Å². The molecular weight excluding hydrogens is 144 g/mol. The fraction of sp³-hybridized carbons (Fsp3) is 0.333. The van der Waals surface area contributed by atoms with E-state index in [9.17, 15) is 0 Å². The molecule has 0 heterocycles. The molecule has 0 amide bonds. The van der Waals surface area contributed by atoms with Gasteiger partial charge in [0, 0.05) is 5.56 Å². The molecule has 0 heteroatoms. The Bertz CT molecular complexity index is 351. The van der Waals surface area contributed by atoms with Crippen molar-refractivity contribution in [2.45, 2.75) is 27.7 Å². The molecule has 1 rings (SSSR count). The quantitative estimate of drug-likeness (QED) is 0.509. The van der Waals surface area contributed by atoms with Gasteiger partial charge in [-0.2, -0.15) is 0 Å². The Balaban J connectivity index is 3.54. The molecule has 0 N–H and O–H groups in total. The lowest BCUT2D eigenvalue weighted by Gasteiger charge is -2.09. The molecule has 0 saturated carbocycles. The summed E-state index contributed by atoms with van der Waals surface area (Å²) in [7, 11) is 0. The van der Waals surface area contributed by atoms with E-state index in [1.807, 2.05) is 0 Å². The van der Waals surface area contributed by atoms with Crippen molar-refractivity contribution in [3.63, 3.8) is 0 Å². The first-order valence-corrected chi connectivity index (χ1v) is 4.12. The third-order valence-electron chi connectivity index (χ3n) is 2.50. The predicted octanol–water partition coefficient (Wildman–Crippen LogP) is 2.90. The molecule has 62 valence electrons. The van der Waals surface area contributed by atoms with Gasteiger partial charge in [0.2, 0.25) is 0 Å². The van der Waals surface area contributed by atoms with Crippen LogP contribution in [0.2, 0.25) is 0 Å². The van der Waals surface area contributed by atoms with Crippen molar-refractivity contribution in [2.75, 3.05) is 0 Å². The third-order valence-corrected chi connectivity index (χ3v) is 2.50. The Morgan fingerprint density at radius 2 is 1.58 bits per heavy atom. The number of aryl methyl sites for hydroxylation is 2. The molecule has 1 aromatic carbocycles. The molecule has 0 fully saturated rings. The van der Waals surface area contributed by atoms with E-state index in [-0.39, 0.29) is 0 Å². The molecule has 0 aliphatic heterocycles. The van der Waals surface area contributed by atoms with E-state index in [0.29, 0.717) is 0 Å². The second-order valence-electron chi connectivity index (χ2n) is 3.28. The Morgan fingerprint density at radius 1 is 1.00 bits per heavy atom. The van der Waals surface area contributed by atoms with Crippen LogP contribution in [0.15, 0.2) is 6.07 Å². The summed E-state index contributed by atoms with van der Waals surface area (Å²) in [5.41, 5.74) is 6.14. The molecule has 1 aromatic rings. The van der Waals surface area contributed by atoms with Crippen LogP contribution in [-0.2, 0) is 0 Å². The minimum absolute atomic E-state index is 1.05. The average molecular weight is 158 g/mol. The summed E-state index contributed by atoms with van der Waals surface area (Å²) in [6.07, 6.45) is 5.42. The van der Waals surface area contributed by atoms with Gasteiger partial charge in [0.1, 0.15) is 0 Å². The minimum Gasteiger partial charge on any atom is -0.115 e. The lowest BCUT2D eigenvalue weighted by atomic mass is 9.95. The molecule has 0 spiro atoms. The van der Waals surface area contributed by atoms with Crippen LogP contribution in [0.25, 0.3) is 0 Å². The van der Waals surface area contributed by atoms with E-state index in [2.05, 4.69) is 39.7 Å². The topological polar surface area (TPSA) is 0 Å². The number of benzene rings is 1. The lowest BCUT2D eigenvalue weighted by molar-refractivity contribution is 1.22. The van der Waals surface area contributed by atoms with Gasteiger partial charge in [0.25, 0.3) is 0 Å². The summed E-state index contributed by atoms with van der Waals surface area (Å²) in [5.74, 6) is 2.73. The van der Waals surface area contributed by atoms with Crippen LogP contribution in [-0.4, -0.2) is 0 Å². The van der Waals surface area contributed by atoms with Gasteiger partial charge in [-0.3, -0.25) is 0 Å². The summed E-state index contributed by atoms with van der Waals surface area (Å²) in [6, 6.07) is 2.15. The maximum absolute atomic E-state index is 5.42. The zero-order chi connectivity index (χ0) is 9.30. The molecular formula is C12H14. The highest BCUT2D eigenvalue weighted by atomic mass is 14.1. The fourth-order valence-electron chi connectivity index (χ4n) is 1.51. The maximum atomic E-state index is 5.42. The molecule has 0 saturated heterocycles. The van der Waals surface area contributed by atoms with Crippen molar-refractivity contribution in [1.82, 2.24) is 0 Å². The third kappa shape index (κ3) is 1.23. The second-order valence-corrected chi connectivity index (χ2v) is 3.28. The van der Waals surface area contributed by atoms with E-state index in [0.717, 1.165) is 5.56 Å². The van der Waals surface area contributed by atoms with Gasteiger partial charge >= 0.3 is 0 Å². The van der Waals surface area contributed by atoms with Gasteiger partial charge in [-0.25, -0.2) is 0 Å². The summed E-state index contributed by atoms with van der Waals surface area (Å²) in [6.45, 7) is 8.39. The van der Waals surface area contributed by atoms with Crippen LogP contribution >= 0.6 is 0 Å². The SMILES string of the molecule is C#Cc1c(C)cc(C)c(C)c1C. The highest BCUT2D eigenvalue weighted by Gasteiger charge is 2.04. The first kappa shape index (κ1) is 8.87. The maximum Gasteiger partial charge on any atom is 0.0303 e. The molecule has 0 aromatic heterocycles. The highest BCUT2D eigenvalue weighted by molar-refractivity contribution is 5.51. The number of rotatable bonds is 0. The van der Waals surface area contributed by atoms with Crippen LogP contribution < -0.4 is 0 Å². The smallest absolute Gasteiger partial charge is 0.0303 e. The van der Waals surface area contributed by atoms with Gasteiger partial charge < -0.3 is 0 Å². The van der Waals surface area contributed by atoms with Gasteiger partial charge in [0.05, 0.1) is 0 Å². The molecule has 0 unspecified atom stereocenters. The second kappa shape index (κ2) is 3.03. The molecule has 12 heavy (non-hydrogen) atoms. The molecule has 0 aliphatic carbocycles. The van der Waals surface area contributed by atoms with Gasteiger partial charge in [0.15, 0.2) is 0 Å². The van der Waals surface area contributed by atoms with E-state index in [1.165, 1.54) is 22.3 Å². The van der Waals surface area contributed by atoms with Crippen LogP contribution in [0.4, 0.5) is 0 Å². The van der Waals surface area contributed by atoms with Crippen LogP contribution in [0.3, 0.4) is 0 Å². The molecule has 0 atom stereocenters. The van der Waals surface area contributed by atoms with Gasteiger partial charge in [-0.15, -0.1) is 6.42 Å².